The van der Waals surface area contributed by atoms with E-state index in [9.17, 15) is 4.79 Å². The minimum absolute atomic E-state index is 0.0408. The van der Waals surface area contributed by atoms with Gasteiger partial charge in [-0.25, -0.2) is 4.98 Å². The summed E-state index contributed by atoms with van der Waals surface area (Å²) in [6.45, 7) is 0.571. The fraction of sp³-hybridized carbons (Fsp3) is 0.286. The molecule has 1 fully saturated rings. The Hall–Kier alpha value is -1.30. The summed E-state index contributed by atoms with van der Waals surface area (Å²) < 4.78 is 1.84. The monoisotopic (exact) mass is 337 g/mol. The average Bonchev–Trinajstić information content (AvgIpc) is 2.96. The first-order valence-electron chi connectivity index (χ1n) is 6.34. The van der Waals surface area contributed by atoms with E-state index in [0.29, 0.717) is 23.1 Å². The number of aromatic nitrogens is 2. The Morgan fingerprint density at radius 2 is 2.29 bits per heavy atom. The second-order valence-electron chi connectivity index (χ2n) is 5.25. The largest absolute Gasteiger partial charge is 0.481 e. The van der Waals surface area contributed by atoms with Crippen LogP contribution in [0.25, 0.3) is 0 Å². The van der Waals surface area contributed by atoms with Crippen molar-refractivity contribution in [1.82, 2.24) is 9.55 Å². The van der Waals surface area contributed by atoms with Crippen LogP contribution in [0, 0.1) is 0 Å². The summed E-state index contributed by atoms with van der Waals surface area (Å²) >= 11 is 12.1. The zero-order valence-corrected chi connectivity index (χ0v) is 13.4. The molecule has 4 nitrogen and oxygen atoms in total. The highest BCUT2D eigenvalue weighted by Crippen LogP contribution is 2.63. The SMILES string of the molecule is O=C(O)[C@@]1([Si])C[C@@H]1c1ccc(Cn2cnc(Cl)c2)c(Cl)c1. The average molecular weight is 338 g/mol. The summed E-state index contributed by atoms with van der Waals surface area (Å²) in [4.78, 5) is 15.1. The maximum atomic E-state index is 11.2. The smallest absolute Gasteiger partial charge is 0.306 e. The van der Waals surface area contributed by atoms with Crippen LogP contribution in [0.4, 0.5) is 0 Å². The van der Waals surface area contributed by atoms with Crippen molar-refractivity contribution in [2.45, 2.75) is 23.9 Å². The lowest BCUT2D eigenvalue weighted by Crippen LogP contribution is -2.09. The Balaban J connectivity index is 1.79. The lowest BCUT2D eigenvalue weighted by molar-refractivity contribution is -0.137. The molecule has 3 radical (unpaired) electrons. The molecule has 0 spiro atoms. The number of aliphatic carboxylic acids is 1. The second-order valence-corrected chi connectivity index (χ2v) is 6.94. The van der Waals surface area contributed by atoms with Crippen molar-refractivity contribution in [3.8, 4) is 0 Å². The highest BCUT2D eigenvalue weighted by atomic mass is 35.5. The van der Waals surface area contributed by atoms with Crippen LogP contribution < -0.4 is 0 Å². The number of benzene rings is 1. The van der Waals surface area contributed by atoms with Crippen LogP contribution in [-0.2, 0) is 11.3 Å². The Bertz CT molecular complexity index is 719. The van der Waals surface area contributed by atoms with Gasteiger partial charge in [0.15, 0.2) is 0 Å². The zero-order valence-electron chi connectivity index (χ0n) is 10.9. The molecule has 107 valence electrons. The van der Waals surface area contributed by atoms with Gasteiger partial charge in [0, 0.05) is 21.5 Å². The number of carbonyl (C=O) groups is 1. The van der Waals surface area contributed by atoms with Crippen molar-refractivity contribution in [3.05, 3.63) is 52.0 Å². The van der Waals surface area contributed by atoms with Crippen LogP contribution in [0.5, 0.6) is 0 Å². The Morgan fingerprint density at radius 1 is 1.52 bits per heavy atom. The molecule has 7 heteroatoms. The summed E-state index contributed by atoms with van der Waals surface area (Å²) in [6.07, 6.45) is 3.94. The fourth-order valence-corrected chi connectivity index (χ4v) is 3.21. The molecule has 0 saturated heterocycles. The normalized spacial score (nSPS) is 24.0. The molecule has 0 aliphatic heterocycles. The van der Waals surface area contributed by atoms with Gasteiger partial charge in [-0.05, 0) is 29.5 Å². The van der Waals surface area contributed by atoms with E-state index in [0.717, 1.165) is 11.1 Å². The molecular weight excluding hydrogens is 327 g/mol. The van der Waals surface area contributed by atoms with E-state index in [2.05, 4.69) is 15.2 Å². The van der Waals surface area contributed by atoms with E-state index in [4.69, 9.17) is 28.3 Å². The molecule has 21 heavy (non-hydrogen) atoms. The highest BCUT2D eigenvalue weighted by molar-refractivity contribution is 6.32. The van der Waals surface area contributed by atoms with Crippen molar-refractivity contribution in [3.63, 3.8) is 0 Å². The molecule has 0 bridgehead atoms. The van der Waals surface area contributed by atoms with Gasteiger partial charge in [0.2, 0.25) is 0 Å². The molecule has 3 rings (SSSR count). The second kappa shape index (κ2) is 5.16. The number of hydrogen-bond donors (Lipinski definition) is 1. The van der Waals surface area contributed by atoms with Crippen LogP contribution in [-0.4, -0.2) is 30.9 Å². The van der Waals surface area contributed by atoms with Gasteiger partial charge in [-0.3, -0.25) is 4.79 Å². The molecule has 0 amide bonds. The first kappa shape index (κ1) is 14.6. The van der Waals surface area contributed by atoms with Crippen molar-refractivity contribution in [1.29, 1.82) is 0 Å². The van der Waals surface area contributed by atoms with Gasteiger partial charge < -0.3 is 9.67 Å². The van der Waals surface area contributed by atoms with Crippen LogP contribution in [0.15, 0.2) is 30.7 Å². The fourth-order valence-electron chi connectivity index (χ4n) is 2.43. The lowest BCUT2D eigenvalue weighted by Gasteiger charge is -2.09. The summed E-state index contributed by atoms with van der Waals surface area (Å²) in [5.74, 6) is -0.877. The predicted octanol–water partition coefficient (Wildman–Crippen LogP) is 3.14. The van der Waals surface area contributed by atoms with Crippen molar-refractivity contribution in [2.75, 3.05) is 0 Å². The van der Waals surface area contributed by atoms with Gasteiger partial charge in [0.05, 0.1) is 17.9 Å². The van der Waals surface area contributed by atoms with Crippen molar-refractivity contribution >= 4 is 39.4 Å². The molecule has 1 aliphatic carbocycles. The Morgan fingerprint density at radius 3 is 2.81 bits per heavy atom. The van der Waals surface area contributed by atoms with E-state index >= 15 is 0 Å². The van der Waals surface area contributed by atoms with E-state index in [-0.39, 0.29) is 5.92 Å². The predicted molar refractivity (Wildman–Crippen MR) is 81.2 cm³/mol. The molecule has 1 aromatic heterocycles. The number of carboxylic acid groups (broad SMARTS) is 1. The van der Waals surface area contributed by atoms with Crippen LogP contribution in [0.1, 0.15) is 23.5 Å². The first-order valence-corrected chi connectivity index (χ1v) is 7.60. The van der Waals surface area contributed by atoms with Gasteiger partial charge in [0.25, 0.3) is 0 Å². The van der Waals surface area contributed by atoms with E-state index < -0.39 is 11.0 Å². The number of imidazole rings is 1. The number of hydrogen-bond acceptors (Lipinski definition) is 2. The lowest BCUT2D eigenvalue weighted by atomic mass is 10.1. The molecule has 1 heterocycles. The summed E-state index contributed by atoms with van der Waals surface area (Å²) in [5, 5.41) is 9.37. The third-order valence-corrected chi connectivity index (χ3v) is 5.09. The Kier molecular flexibility index (Phi) is 3.59. The van der Waals surface area contributed by atoms with E-state index in [1.165, 1.54) is 0 Å². The number of rotatable bonds is 4. The van der Waals surface area contributed by atoms with E-state index in [1.807, 2.05) is 22.8 Å². The first-order chi connectivity index (χ1) is 9.90. The summed E-state index contributed by atoms with van der Waals surface area (Å²) in [6, 6.07) is 5.68. The summed E-state index contributed by atoms with van der Waals surface area (Å²) in [7, 11) is 3.34. The van der Waals surface area contributed by atoms with Gasteiger partial charge in [-0.15, -0.1) is 0 Å². The van der Waals surface area contributed by atoms with Crippen molar-refractivity contribution < 1.29 is 9.90 Å². The number of halogens is 2. The minimum Gasteiger partial charge on any atom is -0.481 e. The molecule has 1 aliphatic rings. The standard InChI is InChI=1S/C14H11Cl2N2O2Si/c15-11-3-8(10-4-14(10,21)13(19)20)1-2-9(11)5-18-6-12(16)17-7-18/h1-3,6-7,10H,4-5H2,(H,19,20)/t10-,14-/m1/s1. The molecule has 1 saturated carbocycles. The van der Waals surface area contributed by atoms with Gasteiger partial charge in [0.1, 0.15) is 5.15 Å². The third-order valence-electron chi connectivity index (χ3n) is 3.78. The van der Waals surface area contributed by atoms with Crippen LogP contribution in [0.2, 0.25) is 15.2 Å². The summed E-state index contributed by atoms with van der Waals surface area (Å²) in [5.41, 5.74) is 1.87. The number of nitrogens with zero attached hydrogens (tertiary/aromatic N) is 2. The van der Waals surface area contributed by atoms with E-state index in [1.54, 1.807) is 12.5 Å². The van der Waals surface area contributed by atoms with Crippen molar-refractivity contribution in [2.24, 2.45) is 0 Å². The topological polar surface area (TPSA) is 55.1 Å². The highest BCUT2D eigenvalue weighted by Gasteiger charge is 2.57. The zero-order chi connectivity index (χ0) is 15.2. The van der Waals surface area contributed by atoms with Gasteiger partial charge in [-0.2, -0.15) is 0 Å². The maximum Gasteiger partial charge on any atom is 0.306 e. The Labute approximate surface area is 135 Å². The molecular formula is C14H11Cl2N2O2Si. The number of carboxylic acids is 1. The maximum absolute atomic E-state index is 11.2. The molecule has 1 aromatic carbocycles. The molecule has 2 atom stereocenters. The van der Waals surface area contributed by atoms with Crippen LogP contribution in [0.3, 0.4) is 0 Å². The van der Waals surface area contributed by atoms with Gasteiger partial charge in [-0.1, -0.05) is 35.3 Å². The van der Waals surface area contributed by atoms with Crippen LogP contribution >= 0.6 is 23.2 Å². The molecule has 1 N–H and O–H groups in total. The quantitative estimate of drug-likeness (QED) is 0.872. The van der Waals surface area contributed by atoms with Gasteiger partial charge >= 0.3 is 5.97 Å². The molecule has 2 aromatic rings. The molecule has 0 unspecified atom stereocenters. The third kappa shape index (κ3) is 2.73. The minimum atomic E-state index is -0.845.